The molecule has 0 fully saturated rings. The largest absolute Gasteiger partial charge is 0.332 e. The molecular formula is C34H40N5O3P. The van der Waals surface area contributed by atoms with Crippen LogP contribution in [0, 0.1) is 11.3 Å². The number of hydrogen-bond acceptors (Lipinski definition) is 6. The molecule has 43 heavy (non-hydrogen) atoms. The average molecular weight is 598 g/mol. The van der Waals surface area contributed by atoms with E-state index < -0.39 is 14.1 Å². The fourth-order valence-electron chi connectivity index (χ4n) is 5.33. The van der Waals surface area contributed by atoms with Gasteiger partial charge in [-0.2, -0.15) is 5.26 Å². The van der Waals surface area contributed by atoms with Crippen molar-refractivity contribution in [1.82, 2.24) is 19.5 Å². The molecule has 0 saturated heterocycles. The Morgan fingerprint density at radius 2 is 1.42 bits per heavy atom. The van der Waals surface area contributed by atoms with E-state index in [-0.39, 0.29) is 44.2 Å². The minimum Gasteiger partial charge on any atom is -0.332 e. The first-order chi connectivity index (χ1) is 20.9. The average Bonchev–Trinajstić information content (AvgIpc) is 3.47. The van der Waals surface area contributed by atoms with Crippen molar-refractivity contribution in [2.45, 2.75) is 58.2 Å². The first kappa shape index (κ1) is 32.1. The van der Waals surface area contributed by atoms with Crippen LogP contribution in [0.2, 0.25) is 0 Å². The summed E-state index contributed by atoms with van der Waals surface area (Å²) in [4.78, 5) is 17.7. The molecule has 1 amide bonds. The molecule has 4 aromatic rings. The van der Waals surface area contributed by atoms with Gasteiger partial charge in [0.25, 0.3) is 8.53 Å². The summed E-state index contributed by atoms with van der Waals surface area (Å²) in [6.07, 6.45) is 4.12. The van der Waals surface area contributed by atoms with E-state index in [2.05, 4.69) is 89.7 Å². The zero-order valence-electron chi connectivity index (χ0n) is 25.3. The molecule has 0 aliphatic carbocycles. The van der Waals surface area contributed by atoms with Crippen LogP contribution in [0.3, 0.4) is 0 Å². The SMILES string of the molecule is CC(C)N(C(C)C)P(OCCC#N)OCNC(=O)Cc1cn(C(c2ccccc2)(c2ccccc2)c2ccccc2)cn1. The lowest BCUT2D eigenvalue weighted by molar-refractivity contribution is -0.121. The standard InChI is InChI=1S/C34H40N5O3P/c1-27(2)39(28(3)4)43(41-22-14-21-35)42-26-37-33(40)23-32-24-38(25-36-32)34(29-15-8-5-9-16-29,30-17-10-6-11-18-30)31-19-12-7-13-20-31/h5-13,15-20,24-25,27-28H,14,22-23,26H2,1-4H3,(H,37,40). The number of amides is 1. The number of rotatable bonds is 15. The van der Waals surface area contributed by atoms with Gasteiger partial charge < -0.3 is 18.9 Å². The lowest BCUT2D eigenvalue weighted by Crippen LogP contribution is -2.37. The molecule has 0 bridgehead atoms. The van der Waals surface area contributed by atoms with E-state index in [0.717, 1.165) is 16.7 Å². The zero-order valence-corrected chi connectivity index (χ0v) is 26.2. The van der Waals surface area contributed by atoms with Crippen LogP contribution >= 0.6 is 8.53 Å². The molecule has 0 spiro atoms. The molecule has 1 atom stereocenters. The number of aromatic nitrogens is 2. The minimum absolute atomic E-state index is 0.00424. The quantitative estimate of drug-likeness (QED) is 0.0716. The third-order valence-corrected chi connectivity index (χ3v) is 9.10. The van der Waals surface area contributed by atoms with E-state index >= 15 is 0 Å². The van der Waals surface area contributed by atoms with Gasteiger partial charge in [-0.1, -0.05) is 91.0 Å². The summed E-state index contributed by atoms with van der Waals surface area (Å²) in [5.41, 5.74) is 3.20. The zero-order chi connectivity index (χ0) is 30.7. The molecule has 1 aromatic heterocycles. The predicted molar refractivity (Wildman–Crippen MR) is 170 cm³/mol. The van der Waals surface area contributed by atoms with Gasteiger partial charge in [-0.3, -0.25) is 4.79 Å². The third-order valence-electron chi connectivity index (χ3n) is 7.05. The van der Waals surface area contributed by atoms with E-state index in [9.17, 15) is 4.79 Å². The number of benzene rings is 3. The van der Waals surface area contributed by atoms with Crippen LogP contribution in [0.1, 0.15) is 56.5 Å². The highest BCUT2D eigenvalue weighted by Gasteiger charge is 2.38. The van der Waals surface area contributed by atoms with Crippen LogP contribution in [0.15, 0.2) is 104 Å². The Labute approximate surface area is 256 Å². The maximum absolute atomic E-state index is 13.0. The van der Waals surface area contributed by atoms with E-state index in [0.29, 0.717) is 5.69 Å². The lowest BCUT2D eigenvalue weighted by atomic mass is 9.77. The van der Waals surface area contributed by atoms with Gasteiger partial charge in [0.15, 0.2) is 0 Å². The van der Waals surface area contributed by atoms with Crippen molar-refractivity contribution in [3.05, 3.63) is 126 Å². The van der Waals surface area contributed by atoms with Crippen LogP contribution in [0.25, 0.3) is 0 Å². The molecule has 0 radical (unpaired) electrons. The summed E-state index contributed by atoms with van der Waals surface area (Å²) in [6.45, 7) is 8.55. The molecule has 1 N–H and O–H groups in total. The lowest BCUT2D eigenvalue weighted by Gasteiger charge is -2.37. The van der Waals surface area contributed by atoms with Gasteiger partial charge in [0.2, 0.25) is 5.91 Å². The molecule has 0 aliphatic rings. The number of nitrogens with zero attached hydrogens (tertiary/aromatic N) is 4. The molecule has 9 heteroatoms. The topological polar surface area (TPSA) is 92.4 Å². The number of nitrogens with one attached hydrogen (secondary N) is 1. The van der Waals surface area contributed by atoms with Gasteiger partial charge in [0.1, 0.15) is 12.3 Å². The highest BCUT2D eigenvalue weighted by molar-refractivity contribution is 7.44. The van der Waals surface area contributed by atoms with E-state index in [4.69, 9.17) is 14.3 Å². The van der Waals surface area contributed by atoms with Gasteiger partial charge >= 0.3 is 0 Å². The van der Waals surface area contributed by atoms with E-state index in [1.54, 1.807) is 6.33 Å². The predicted octanol–water partition coefficient (Wildman–Crippen LogP) is 6.63. The molecule has 3 aromatic carbocycles. The summed E-state index contributed by atoms with van der Waals surface area (Å²) in [5.74, 6) is -0.206. The number of hydrogen-bond donors (Lipinski definition) is 1. The smallest absolute Gasteiger partial charge is 0.261 e. The number of carbonyl (C=O) groups is 1. The summed E-state index contributed by atoms with van der Waals surface area (Å²) < 4.78 is 16.1. The summed E-state index contributed by atoms with van der Waals surface area (Å²) in [6, 6.07) is 33.5. The fraction of sp³-hybridized carbons (Fsp3) is 0.324. The summed E-state index contributed by atoms with van der Waals surface area (Å²) >= 11 is 0. The Morgan fingerprint density at radius 3 is 1.88 bits per heavy atom. The number of imidazole rings is 1. The molecule has 0 aliphatic heterocycles. The van der Waals surface area contributed by atoms with Crippen LogP contribution in [-0.4, -0.2) is 45.6 Å². The summed E-state index contributed by atoms with van der Waals surface area (Å²) in [7, 11) is -1.45. The number of carbonyl (C=O) groups excluding carboxylic acids is 1. The van der Waals surface area contributed by atoms with Gasteiger partial charge in [-0.25, -0.2) is 9.65 Å². The van der Waals surface area contributed by atoms with Crippen molar-refractivity contribution in [3.8, 4) is 6.07 Å². The molecule has 0 saturated carbocycles. The van der Waals surface area contributed by atoms with Crippen molar-refractivity contribution in [1.29, 1.82) is 5.26 Å². The van der Waals surface area contributed by atoms with Gasteiger partial charge in [0, 0.05) is 18.3 Å². The van der Waals surface area contributed by atoms with Crippen LogP contribution in [0.5, 0.6) is 0 Å². The second-order valence-electron chi connectivity index (χ2n) is 10.7. The highest BCUT2D eigenvalue weighted by Crippen LogP contribution is 2.45. The van der Waals surface area contributed by atoms with Crippen LogP contribution in [0.4, 0.5) is 0 Å². The second kappa shape index (κ2) is 15.6. The molecular weight excluding hydrogens is 557 g/mol. The third kappa shape index (κ3) is 7.76. The van der Waals surface area contributed by atoms with Crippen LogP contribution in [-0.2, 0) is 25.8 Å². The molecule has 4 rings (SSSR count). The van der Waals surface area contributed by atoms with Crippen molar-refractivity contribution in [3.63, 3.8) is 0 Å². The monoisotopic (exact) mass is 597 g/mol. The highest BCUT2D eigenvalue weighted by atomic mass is 31.2. The molecule has 224 valence electrons. The summed E-state index contributed by atoms with van der Waals surface area (Å²) in [5, 5.41) is 11.8. The van der Waals surface area contributed by atoms with Crippen molar-refractivity contribution in [2.24, 2.45) is 0 Å². The van der Waals surface area contributed by atoms with Gasteiger partial charge in [-0.15, -0.1) is 0 Å². The maximum atomic E-state index is 13.0. The van der Waals surface area contributed by atoms with Crippen molar-refractivity contribution >= 4 is 14.4 Å². The number of nitriles is 1. The van der Waals surface area contributed by atoms with Gasteiger partial charge in [-0.05, 0) is 44.4 Å². The Hall–Kier alpha value is -3.86. The Balaban J connectivity index is 1.55. The molecule has 1 unspecified atom stereocenters. The maximum Gasteiger partial charge on any atom is 0.261 e. The van der Waals surface area contributed by atoms with E-state index in [1.807, 2.05) is 60.8 Å². The van der Waals surface area contributed by atoms with Crippen LogP contribution < -0.4 is 5.32 Å². The minimum atomic E-state index is -1.45. The van der Waals surface area contributed by atoms with Gasteiger partial charge in [0.05, 0.1) is 37.5 Å². The first-order valence-corrected chi connectivity index (χ1v) is 15.7. The Morgan fingerprint density at radius 1 is 0.907 bits per heavy atom. The van der Waals surface area contributed by atoms with Crippen molar-refractivity contribution in [2.75, 3.05) is 13.3 Å². The Bertz CT molecular complexity index is 1350. The first-order valence-electron chi connectivity index (χ1n) is 14.6. The Kier molecular flexibility index (Phi) is 11.6. The van der Waals surface area contributed by atoms with E-state index in [1.165, 1.54) is 0 Å². The normalized spacial score (nSPS) is 12.4. The fourth-order valence-corrected chi connectivity index (χ4v) is 6.85. The molecule has 8 nitrogen and oxygen atoms in total. The van der Waals surface area contributed by atoms with Crippen molar-refractivity contribution < 1.29 is 13.8 Å². The molecule has 1 heterocycles. The second-order valence-corrected chi connectivity index (χ2v) is 12.1.